The third kappa shape index (κ3) is 2.70. The summed E-state index contributed by atoms with van der Waals surface area (Å²) >= 11 is 0. The first-order valence-corrected chi connectivity index (χ1v) is 6.72. The highest BCUT2D eigenvalue weighted by molar-refractivity contribution is 5.23. The molecular formula is C15H23NO. The average molecular weight is 233 g/mol. The van der Waals surface area contributed by atoms with E-state index < -0.39 is 0 Å². The Labute approximate surface area is 105 Å². The van der Waals surface area contributed by atoms with Crippen LogP contribution in [0, 0.1) is 0 Å². The quantitative estimate of drug-likeness (QED) is 0.792. The van der Waals surface area contributed by atoms with Crippen molar-refractivity contribution in [2.75, 3.05) is 26.2 Å². The van der Waals surface area contributed by atoms with Gasteiger partial charge in [-0.15, -0.1) is 0 Å². The monoisotopic (exact) mass is 233 g/mol. The zero-order valence-corrected chi connectivity index (χ0v) is 11.0. The fourth-order valence-electron chi connectivity index (χ4n) is 2.76. The van der Waals surface area contributed by atoms with E-state index in [4.69, 9.17) is 4.74 Å². The topological polar surface area (TPSA) is 12.5 Å². The summed E-state index contributed by atoms with van der Waals surface area (Å²) in [5.74, 6) is 0. The van der Waals surface area contributed by atoms with Crippen molar-refractivity contribution in [1.82, 2.24) is 4.90 Å². The van der Waals surface area contributed by atoms with E-state index in [0.29, 0.717) is 0 Å². The Morgan fingerprint density at radius 2 is 1.76 bits per heavy atom. The third-order valence-electron chi connectivity index (χ3n) is 3.83. The van der Waals surface area contributed by atoms with Crippen molar-refractivity contribution in [3.63, 3.8) is 0 Å². The summed E-state index contributed by atoms with van der Waals surface area (Å²) in [6, 6.07) is 10.7. The molecule has 0 aliphatic carbocycles. The van der Waals surface area contributed by atoms with E-state index in [2.05, 4.69) is 49.1 Å². The van der Waals surface area contributed by atoms with Gasteiger partial charge in [0, 0.05) is 19.7 Å². The van der Waals surface area contributed by atoms with E-state index in [1.807, 2.05) is 0 Å². The Balaban J connectivity index is 2.17. The molecule has 0 amide bonds. The van der Waals surface area contributed by atoms with E-state index in [9.17, 15) is 0 Å². The SMILES string of the molecule is CCOC1(c2ccccc2)CCN(CC)CC1. The van der Waals surface area contributed by atoms with Crippen LogP contribution in [-0.2, 0) is 10.3 Å². The zero-order chi connectivity index (χ0) is 12.1. The molecule has 2 heteroatoms. The van der Waals surface area contributed by atoms with Gasteiger partial charge >= 0.3 is 0 Å². The molecule has 0 unspecified atom stereocenters. The molecular weight excluding hydrogens is 210 g/mol. The summed E-state index contributed by atoms with van der Waals surface area (Å²) in [5.41, 5.74) is 1.31. The lowest BCUT2D eigenvalue weighted by molar-refractivity contribution is -0.0843. The maximum Gasteiger partial charge on any atom is 0.0955 e. The highest BCUT2D eigenvalue weighted by atomic mass is 16.5. The molecule has 1 aromatic rings. The summed E-state index contributed by atoms with van der Waals surface area (Å²) in [5, 5.41) is 0. The molecule has 0 atom stereocenters. The minimum absolute atomic E-state index is 0.0400. The summed E-state index contributed by atoms with van der Waals surface area (Å²) in [6.45, 7) is 8.56. The van der Waals surface area contributed by atoms with Gasteiger partial charge in [-0.1, -0.05) is 37.3 Å². The molecule has 1 saturated heterocycles. The van der Waals surface area contributed by atoms with Gasteiger partial charge in [0.2, 0.25) is 0 Å². The largest absolute Gasteiger partial charge is 0.370 e. The van der Waals surface area contributed by atoms with Crippen LogP contribution in [0.15, 0.2) is 30.3 Å². The number of piperidine rings is 1. The van der Waals surface area contributed by atoms with Crippen molar-refractivity contribution in [2.45, 2.75) is 32.3 Å². The fraction of sp³-hybridized carbons (Fsp3) is 0.600. The van der Waals surface area contributed by atoms with E-state index in [1.165, 1.54) is 5.56 Å². The van der Waals surface area contributed by atoms with Gasteiger partial charge in [0.25, 0.3) is 0 Å². The van der Waals surface area contributed by atoms with Crippen LogP contribution in [0.3, 0.4) is 0 Å². The fourth-order valence-corrected chi connectivity index (χ4v) is 2.76. The van der Waals surface area contributed by atoms with Gasteiger partial charge in [-0.3, -0.25) is 0 Å². The van der Waals surface area contributed by atoms with Gasteiger partial charge in [-0.05, 0) is 31.9 Å². The van der Waals surface area contributed by atoms with Crippen molar-refractivity contribution >= 4 is 0 Å². The summed E-state index contributed by atoms with van der Waals surface area (Å²) in [4.78, 5) is 2.50. The molecule has 17 heavy (non-hydrogen) atoms. The van der Waals surface area contributed by atoms with Gasteiger partial charge in [-0.25, -0.2) is 0 Å². The Morgan fingerprint density at radius 1 is 1.12 bits per heavy atom. The normalized spacial score (nSPS) is 20.4. The van der Waals surface area contributed by atoms with Crippen molar-refractivity contribution in [3.8, 4) is 0 Å². The van der Waals surface area contributed by atoms with Crippen molar-refractivity contribution in [3.05, 3.63) is 35.9 Å². The van der Waals surface area contributed by atoms with Crippen LogP contribution in [0.25, 0.3) is 0 Å². The van der Waals surface area contributed by atoms with Crippen molar-refractivity contribution < 1.29 is 4.74 Å². The molecule has 0 N–H and O–H groups in total. The number of hydrogen-bond donors (Lipinski definition) is 0. The lowest BCUT2D eigenvalue weighted by atomic mass is 9.84. The molecule has 1 fully saturated rings. The lowest BCUT2D eigenvalue weighted by Crippen LogP contribution is -2.44. The van der Waals surface area contributed by atoms with Crippen molar-refractivity contribution in [2.24, 2.45) is 0 Å². The van der Waals surface area contributed by atoms with Crippen molar-refractivity contribution in [1.29, 1.82) is 0 Å². The Bertz CT molecular complexity index is 328. The molecule has 0 aromatic heterocycles. The van der Waals surface area contributed by atoms with Crippen LogP contribution in [0.5, 0.6) is 0 Å². The lowest BCUT2D eigenvalue weighted by Gasteiger charge is -2.41. The molecule has 94 valence electrons. The summed E-state index contributed by atoms with van der Waals surface area (Å²) < 4.78 is 6.12. The molecule has 0 saturated carbocycles. The Hall–Kier alpha value is -0.860. The molecule has 2 nitrogen and oxygen atoms in total. The maximum atomic E-state index is 6.12. The summed E-state index contributed by atoms with van der Waals surface area (Å²) in [6.07, 6.45) is 2.22. The maximum absolute atomic E-state index is 6.12. The number of hydrogen-bond acceptors (Lipinski definition) is 2. The second-order valence-electron chi connectivity index (χ2n) is 4.73. The van der Waals surface area contributed by atoms with Crippen LogP contribution in [0.4, 0.5) is 0 Å². The molecule has 0 radical (unpaired) electrons. The molecule has 0 spiro atoms. The minimum atomic E-state index is -0.0400. The number of rotatable bonds is 4. The van der Waals surface area contributed by atoms with E-state index in [1.54, 1.807) is 0 Å². The predicted octanol–water partition coefficient (Wildman–Crippen LogP) is 3.03. The van der Waals surface area contributed by atoms with Crippen LogP contribution in [0.2, 0.25) is 0 Å². The van der Waals surface area contributed by atoms with Crippen LogP contribution < -0.4 is 0 Å². The van der Waals surface area contributed by atoms with E-state index in [0.717, 1.165) is 39.1 Å². The standard InChI is InChI=1S/C15H23NO/c1-3-16-12-10-15(11-13-16,17-4-2)14-8-6-5-7-9-14/h5-9H,3-4,10-13H2,1-2H3. The highest BCUT2D eigenvalue weighted by Gasteiger charge is 2.36. The molecule has 2 rings (SSSR count). The molecule has 1 aromatic carbocycles. The van der Waals surface area contributed by atoms with Gasteiger partial charge < -0.3 is 9.64 Å². The Morgan fingerprint density at radius 3 is 2.29 bits per heavy atom. The first kappa shape index (κ1) is 12.6. The number of ether oxygens (including phenoxy) is 1. The first-order chi connectivity index (χ1) is 8.30. The third-order valence-corrected chi connectivity index (χ3v) is 3.83. The highest BCUT2D eigenvalue weighted by Crippen LogP contribution is 2.36. The van der Waals surface area contributed by atoms with Gasteiger partial charge in [0.05, 0.1) is 5.60 Å². The first-order valence-electron chi connectivity index (χ1n) is 6.72. The second-order valence-corrected chi connectivity index (χ2v) is 4.73. The molecule has 0 bridgehead atoms. The van der Waals surface area contributed by atoms with Crippen LogP contribution >= 0.6 is 0 Å². The van der Waals surface area contributed by atoms with Gasteiger partial charge in [-0.2, -0.15) is 0 Å². The average Bonchev–Trinajstić information content (AvgIpc) is 2.41. The van der Waals surface area contributed by atoms with Gasteiger partial charge in [0.1, 0.15) is 0 Å². The smallest absolute Gasteiger partial charge is 0.0955 e. The summed E-state index contributed by atoms with van der Waals surface area (Å²) in [7, 11) is 0. The Kier molecular flexibility index (Phi) is 4.19. The van der Waals surface area contributed by atoms with Crippen LogP contribution in [0.1, 0.15) is 32.3 Å². The molecule has 1 aliphatic heterocycles. The van der Waals surface area contributed by atoms with Gasteiger partial charge in [0.15, 0.2) is 0 Å². The predicted molar refractivity (Wildman–Crippen MR) is 71.1 cm³/mol. The van der Waals surface area contributed by atoms with Crippen LogP contribution in [-0.4, -0.2) is 31.1 Å². The second kappa shape index (κ2) is 5.65. The molecule has 1 heterocycles. The number of nitrogens with zero attached hydrogens (tertiary/aromatic N) is 1. The minimum Gasteiger partial charge on any atom is -0.370 e. The molecule has 1 aliphatic rings. The zero-order valence-electron chi connectivity index (χ0n) is 11.0. The van der Waals surface area contributed by atoms with E-state index in [-0.39, 0.29) is 5.60 Å². The van der Waals surface area contributed by atoms with E-state index >= 15 is 0 Å². The number of benzene rings is 1. The number of likely N-dealkylation sites (tertiary alicyclic amines) is 1.